The summed E-state index contributed by atoms with van der Waals surface area (Å²) in [6.45, 7) is 12.2. The van der Waals surface area contributed by atoms with E-state index in [1.165, 1.54) is 0 Å². The van der Waals surface area contributed by atoms with E-state index in [4.69, 9.17) is 0 Å². The minimum absolute atomic E-state index is 0.601. The van der Waals surface area contributed by atoms with Crippen molar-refractivity contribution in [3.05, 3.63) is 71.9 Å². The van der Waals surface area contributed by atoms with Gasteiger partial charge in [-0.25, -0.2) is 5.01 Å². The summed E-state index contributed by atoms with van der Waals surface area (Å²) in [4.78, 5) is 2.52. The van der Waals surface area contributed by atoms with Gasteiger partial charge < -0.3 is 4.90 Å². The van der Waals surface area contributed by atoms with Gasteiger partial charge in [0.2, 0.25) is 0 Å². The molecule has 0 bridgehead atoms. The first-order valence-electron chi connectivity index (χ1n) is 6.20. The molecule has 0 aliphatic heterocycles. The molecule has 0 radical (unpaired) electrons. The SMILES string of the molecule is C=C(S)C(=C)/C=N\N(Cc1ccccc1)C(=C)N(C)C. The third-order valence-corrected chi connectivity index (χ3v) is 3.00. The van der Waals surface area contributed by atoms with Gasteiger partial charge >= 0.3 is 0 Å². The first-order valence-corrected chi connectivity index (χ1v) is 6.65. The number of thiol groups is 1. The zero-order chi connectivity index (χ0) is 15.1. The number of benzene rings is 1. The van der Waals surface area contributed by atoms with E-state index in [-0.39, 0.29) is 0 Å². The summed E-state index contributed by atoms with van der Waals surface area (Å²) in [5, 5.41) is 6.24. The molecule has 0 aliphatic carbocycles. The first kappa shape index (κ1) is 16.1. The van der Waals surface area contributed by atoms with Crippen molar-refractivity contribution >= 4 is 18.8 Å². The molecule has 0 aromatic heterocycles. The van der Waals surface area contributed by atoms with Crippen molar-refractivity contribution in [1.82, 2.24) is 9.91 Å². The van der Waals surface area contributed by atoms with Crippen LogP contribution in [0.5, 0.6) is 0 Å². The second kappa shape index (κ2) is 7.60. The molecule has 1 rings (SSSR count). The van der Waals surface area contributed by atoms with Crippen molar-refractivity contribution < 1.29 is 0 Å². The Labute approximate surface area is 127 Å². The van der Waals surface area contributed by atoms with Crippen LogP contribution in [0.4, 0.5) is 0 Å². The van der Waals surface area contributed by atoms with Gasteiger partial charge in [0, 0.05) is 24.6 Å². The van der Waals surface area contributed by atoms with Gasteiger partial charge in [-0.2, -0.15) is 5.10 Å². The maximum absolute atomic E-state index is 4.42. The summed E-state index contributed by atoms with van der Waals surface area (Å²) >= 11 is 4.15. The molecule has 0 spiro atoms. The second-order valence-corrected chi connectivity index (χ2v) is 5.11. The van der Waals surface area contributed by atoms with E-state index in [0.29, 0.717) is 17.0 Å². The third kappa shape index (κ3) is 4.97. The average Bonchev–Trinajstić information content (AvgIpc) is 2.43. The fourth-order valence-corrected chi connectivity index (χ4v) is 1.46. The summed E-state index contributed by atoms with van der Waals surface area (Å²) in [7, 11) is 3.87. The van der Waals surface area contributed by atoms with Crippen LogP contribution in [0.25, 0.3) is 0 Å². The van der Waals surface area contributed by atoms with Crippen LogP contribution in [0.2, 0.25) is 0 Å². The van der Waals surface area contributed by atoms with Gasteiger partial charge in [-0.3, -0.25) is 0 Å². The number of nitrogens with zero attached hydrogens (tertiary/aromatic N) is 3. The van der Waals surface area contributed by atoms with Crippen LogP contribution in [-0.2, 0) is 6.54 Å². The quantitative estimate of drug-likeness (QED) is 0.358. The van der Waals surface area contributed by atoms with Gasteiger partial charge in [-0.15, -0.1) is 12.6 Å². The predicted octanol–water partition coefficient (Wildman–Crippen LogP) is 3.51. The van der Waals surface area contributed by atoms with E-state index in [0.717, 1.165) is 11.4 Å². The van der Waals surface area contributed by atoms with Crippen molar-refractivity contribution in [2.45, 2.75) is 6.54 Å². The summed E-state index contributed by atoms with van der Waals surface area (Å²) in [6.07, 6.45) is 1.65. The monoisotopic (exact) mass is 287 g/mol. The minimum atomic E-state index is 0.601. The molecule has 0 aliphatic rings. The Hall–Kier alpha value is -1.94. The fraction of sp³-hybridized carbons (Fsp3) is 0.188. The first-order chi connectivity index (χ1) is 9.41. The highest BCUT2D eigenvalue weighted by molar-refractivity contribution is 7.84. The lowest BCUT2D eigenvalue weighted by Gasteiger charge is -2.26. The Morgan fingerprint density at radius 3 is 2.30 bits per heavy atom. The highest BCUT2D eigenvalue weighted by atomic mass is 32.1. The smallest absolute Gasteiger partial charge is 0.117 e. The predicted molar refractivity (Wildman–Crippen MR) is 90.6 cm³/mol. The minimum Gasteiger partial charge on any atom is -0.363 e. The van der Waals surface area contributed by atoms with E-state index < -0.39 is 0 Å². The Morgan fingerprint density at radius 2 is 1.80 bits per heavy atom. The lowest BCUT2D eigenvalue weighted by Crippen LogP contribution is -2.26. The Balaban J connectivity index is 2.89. The van der Waals surface area contributed by atoms with Gasteiger partial charge in [0.1, 0.15) is 5.82 Å². The maximum atomic E-state index is 4.42. The summed E-state index contributed by atoms with van der Waals surface area (Å²) in [5.74, 6) is 0.794. The molecule has 4 heteroatoms. The third-order valence-electron chi connectivity index (χ3n) is 2.71. The molecule has 0 heterocycles. The molecule has 0 fully saturated rings. The normalized spacial score (nSPS) is 10.3. The second-order valence-electron chi connectivity index (χ2n) is 4.57. The van der Waals surface area contributed by atoms with Crippen molar-refractivity contribution in [2.75, 3.05) is 14.1 Å². The molecule has 0 saturated carbocycles. The van der Waals surface area contributed by atoms with Gasteiger partial charge in [-0.1, -0.05) is 50.1 Å². The number of hydrogen-bond acceptors (Lipinski definition) is 4. The standard InChI is InChI=1S/C16H21N3S/c1-13(14(2)20)11-17-19(15(3)18(4)5)12-16-9-7-6-8-10-16/h6-11,20H,1-3,12H2,4-5H3/b17-11-. The molecule has 106 valence electrons. The zero-order valence-corrected chi connectivity index (χ0v) is 13.0. The molecule has 0 amide bonds. The molecule has 1 aromatic rings. The Morgan fingerprint density at radius 1 is 1.20 bits per heavy atom. The Bertz CT molecular complexity index is 518. The largest absolute Gasteiger partial charge is 0.363 e. The summed E-state index contributed by atoms with van der Waals surface area (Å²) < 4.78 is 0. The lowest BCUT2D eigenvalue weighted by molar-refractivity contribution is 0.263. The molecular formula is C16H21N3S. The van der Waals surface area contributed by atoms with Gasteiger partial charge in [0.05, 0.1) is 12.8 Å². The van der Waals surface area contributed by atoms with E-state index in [9.17, 15) is 0 Å². The van der Waals surface area contributed by atoms with Gasteiger partial charge in [0.15, 0.2) is 0 Å². The van der Waals surface area contributed by atoms with E-state index in [1.54, 1.807) is 6.21 Å². The van der Waals surface area contributed by atoms with E-state index in [1.807, 2.05) is 42.2 Å². The van der Waals surface area contributed by atoms with Crippen LogP contribution in [-0.4, -0.2) is 30.2 Å². The van der Waals surface area contributed by atoms with Crippen LogP contribution in [0.3, 0.4) is 0 Å². The van der Waals surface area contributed by atoms with Crippen LogP contribution in [0.15, 0.2) is 71.5 Å². The highest BCUT2D eigenvalue weighted by Crippen LogP contribution is 2.13. The van der Waals surface area contributed by atoms with Crippen LogP contribution < -0.4 is 0 Å². The van der Waals surface area contributed by atoms with E-state index in [2.05, 4.69) is 49.6 Å². The Kier molecular flexibility index (Phi) is 6.12. The van der Waals surface area contributed by atoms with Crippen LogP contribution in [0, 0.1) is 0 Å². The summed E-state index contributed by atoms with van der Waals surface area (Å²) in [6, 6.07) is 10.1. The topological polar surface area (TPSA) is 18.8 Å². The maximum Gasteiger partial charge on any atom is 0.117 e. The number of hydrogen-bond donors (Lipinski definition) is 1. The van der Waals surface area contributed by atoms with Crippen molar-refractivity contribution in [3.8, 4) is 0 Å². The van der Waals surface area contributed by atoms with E-state index >= 15 is 0 Å². The van der Waals surface area contributed by atoms with Crippen molar-refractivity contribution in [2.24, 2.45) is 5.10 Å². The van der Waals surface area contributed by atoms with Crippen LogP contribution >= 0.6 is 12.6 Å². The number of rotatable bonds is 7. The summed E-state index contributed by atoms with van der Waals surface area (Å²) in [5.41, 5.74) is 1.83. The van der Waals surface area contributed by atoms with Crippen LogP contribution in [0.1, 0.15) is 5.56 Å². The number of allylic oxidation sites excluding steroid dienone is 1. The van der Waals surface area contributed by atoms with Gasteiger partial charge in [0.25, 0.3) is 0 Å². The molecular weight excluding hydrogens is 266 g/mol. The highest BCUT2D eigenvalue weighted by Gasteiger charge is 2.08. The molecule has 0 atom stereocenters. The molecule has 3 nitrogen and oxygen atoms in total. The number of hydrazone groups is 1. The average molecular weight is 287 g/mol. The zero-order valence-electron chi connectivity index (χ0n) is 12.1. The van der Waals surface area contributed by atoms with Crippen molar-refractivity contribution in [3.63, 3.8) is 0 Å². The van der Waals surface area contributed by atoms with Gasteiger partial charge in [-0.05, 0) is 5.56 Å². The molecule has 0 unspecified atom stereocenters. The lowest BCUT2D eigenvalue weighted by atomic mass is 10.2. The molecule has 0 saturated heterocycles. The molecule has 1 aromatic carbocycles. The molecule has 0 N–H and O–H groups in total. The fourth-order valence-electron chi connectivity index (χ4n) is 1.40. The molecule has 20 heavy (non-hydrogen) atoms. The van der Waals surface area contributed by atoms with Crippen molar-refractivity contribution in [1.29, 1.82) is 0 Å².